The molecule has 1 amide bonds. The first-order valence-electron chi connectivity index (χ1n) is 8.72. The predicted molar refractivity (Wildman–Crippen MR) is 91.8 cm³/mol. The van der Waals surface area contributed by atoms with E-state index in [1.54, 1.807) is 6.20 Å². The summed E-state index contributed by atoms with van der Waals surface area (Å²) in [4.78, 5) is 24.1. The standard InChI is InChI=1S/C19H21F2N3O2/c1-11(2)6-18(25)19(26)23-16-4-3-5-17-15(16)10-22-24(17)14-8-12(20)7-13(21)9-14/h7-11,16H,3-6H2,1-2H3,(H,23,26)/t16-/m0/s1. The molecule has 0 saturated carbocycles. The zero-order valence-electron chi connectivity index (χ0n) is 14.8. The van der Waals surface area contributed by atoms with Gasteiger partial charge in [0.1, 0.15) is 11.6 Å². The van der Waals surface area contributed by atoms with Crippen LogP contribution >= 0.6 is 0 Å². The SMILES string of the molecule is CC(C)CC(=O)C(=O)N[C@H]1CCCc2c1cnn2-c1cc(F)cc(F)c1. The molecular weight excluding hydrogens is 340 g/mol. The number of rotatable bonds is 5. The lowest BCUT2D eigenvalue weighted by Gasteiger charge is -2.24. The lowest BCUT2D eigenvalue weighted by Crippen LogP contribution is -2.36. The number of nitrogens with zero attached hydrogens (tertiary/aromatic N) is 2. The molecule has 1 atom stereocenters. The lowest BCUT2D eigenvalue weighted by molar-refractivity contribution is -0.138. The summed E-state index contributed by atoms with van der Waals surface area (Å²) in [5.74, 6) is -2.28. The first-order valence-corrected chi connectivity index (χ1v) is 8.72. The molecular formula is C19H21F2N3O2. The fourth-order valence-corrected chi connectivity index (χ4v) is 3.29. The molecule has 5 nitrogen and oxygen atoms in total. The summed E-state index contributed by atoms with van der Waals surface area (Å²) in [6.07, 6.45) is 3.94. The van der Waals surface area contributed by atoms with E-state index in [0.717, 1.165) is 23.7 Å². The van der Waals surface area contributed by atoms with Crippen molar-refractivity contribution in [2.75, 3.05) is 0 Å². The second kappa shape index (κ2) is 7.35. The minimum absolute atomic E-state index is 0.112. The first-order chi connectivity index (χ1) is 12.3. The molecule has 2 aromatic rings. The number of aromatic nitrogens is 2. The van der Waals surface area contributed by atoms with E-state index in [4.69, 9.17) is 0 Å². The van der Waals surface area contributed by atoms with Gasteiger partial charge in [-0.3, -0.25) is 9.59 Å². The maximum absolute atomic E-state index is 13.5. The van der Waals surface area contributed by atoms with Crippen molar-refractivity contribution in [1.29, 1.82) is 0 Å². The highest BCUT2D eigenvalue weighted by atomic mass is 19.1. The number of amides is 1. The molecule has 138 valence electrons. The normalized spacial score (nSPS) is 16.4. The third-order valence-corrected chi connectivity index (χ3v) is 4.43. The van der Waals surface area contributed by atoms with Crippen molar-refractivity contribution in [3.63, 3.8) is 0 Å². The number of fused-ring (bicyclic) bond motifs is 1. The zero-order valence-corrected chi connectivity index (χ0v) is 14.8. The molecule has 1 aromatic heterocycles. The Balaban J connectivity index is 1.84. The minimum Gasteiger partial charge on any atom is -0.343 e. The Hall–Kier alpha value is -2.57. The second-order valence-corrected chi connectivity index (χ2v) is 7.03. The Morgan fingerprint density at radius 2 is 1.96 bits per heavy atom. The summed E-state index contributed by atoms with van der Waals surface area (Å²) in [5, 5.41) is 7.03. The molecule has 0 unspecified atom stereocenters. The number of halogens is 2. The Bertz CT molecular complexity index is 825. The number of hydrogen-bond donors (Lipinski definition) is 1. The van der Waals surface area contributed by atoms with Crippen molar-refractivity contribution in [2.24, 2.45) is 5.92 Å². The molecule has 0 aliphatic heterocycles. The maximum Gasteiger partial charge on any atom is 0.287 e. The van der Waals surface area contributed by atoms with Crippen LogP contribution in [0.25, 0.3) is 5.69 Å². The molecule has 7 heteroatoms. The molecule has 1 N–H and O–H groups in total. The largest absolute Gasteiger partial charge is 0.343 e. The van der Waals surface area contributed by atoms with Gasteiger partial charge in [0.25, 0.3) is 5.91 Å². The van der Waals surface area contributed by atoms with E-state index in [1.807, 2.05) is 13.8 Å². The van der Waals surface area contributed by atoms with Gasteiger partial charge in [-0.25, -0.2) is 13.5 Å². The van der Waals surface area contributed by atoms with Gasteiger partial charge in [0.2, 0.25) is 5.78 Å². The molecule has 1 aliphatic rings. The van der Waals surface area contributed by atoms with Crippen LogP contribution in [0.2, 0.25) is 0 Å². The fraction of sp³-hybridized carbons (Fsp3) is 0.421. The van der Waals surface area contributed by atoms with Crippen molar-refractivity contribution in [1.82, 2.24) is 15.1 Å². The van der Waals surface area contributed by atoms with Gasteiger partial charge in [-0.2, -0.15) is 5.10 Å². The molecule has 0 fully saturated rings. The van der Waals surface area contributed by atoms with Crippen LogP contribution in [-0.4, -0.2) is 21.5 Å². The van der Waals surface area contributed by atoms with E-state index in [2.05, 4.69) is 10.4 Å². The summed E-state index contributed by atoms with van der Waals surface area (Å²) in [5.41, 5.74) is 1.88. The summed E-state index contributed by atoms with van der Waals surface area (Å²) in [7, 11) is 0. The monoisotopic (exact) mass is 361 g/mol. The molecule has 0 radical (unpaired) electrons. The molecule has 3 rings (SSSR count). The van der Waals surface area contributed by atoms with Crippen LogP contribution in [0.15, 0.2) is 24.4 Å². The molecule has 1 aliphatic carbocycles. The number of carbonyl (C=O) groups excluding carboxylic acids is 2. The number of carbonyl (C=O) groups is 2. The Labute approximate surface area is 150 Å². The Morgan fingerprint density at radius 3 is 2.62 bits per heavy atom. The van der Waals surface area contributed by atoms with Gasteiger partial charge < -0.3 is 5.32 Å². The molecule has 1 aromatic carbocycles. The van der Waals surface area contributed by atoms with Crippen LogP contribution < -0.4 is 5.32 Å². The highest BCUT2D eigenvalue weighted by Crippen LogP contribution is 2.31. The topological polar surface area (TPSA) is 64.0 Å². The summed E-state index contributed by atoms with van der Waals surface area (Å²) in [6.45, 7) is 3.76. The average molecular weight is 361 g/mol. The molecule has 1 heterocycles. The maximum atomic E-state index is 13.5. The molecule has 26 heavy (non-hydrogen) atoms. The summed E-state index contributed by atoms with van der Waals surface area (Å²) < 4.78 is 28.5. The van der Waals surface area contributed by atoms with Gasteiger partial charge in [-0.1, -0.05) is 13.8 Å². The van der Waals surface area contributed by atoms with E-state index in [1.165, 1.54) is 16.8 Å². The molecule has 0 bridgehead atoms. The summed E-state index contributed by atoms with van der Waals surface area (Å²) >= 11 is 0. The van der Waals surface area contributed by atoms with Gasteiger partial charge >= 0.3 is 0 Å². The van der Waals surface area contributed by atoms with Gasteiger partial charge in [-0.05, 0) is 37.3 Å². The van der Waals surface area contributed by atoms with E-state index in [-0.39, 0.29) is 18.4 Å². The number of nitrogens with one attached hydrogen (secondary N) is 1. The van der Waals surface area contributed by atoms with Crippen molar-refractivity contribution in [3.05, 3.63) is 47.3 Å². The van der Waals surface area contributed by atoms with Gasteiger partial charge in [-0.15, -0.1) is 0 Å². The van der Waals surface area contributed by atoms with E-state index < -0.39 is 23.3 Å². The predicted octanol–water partition coefficient (Wildman–Crippen LogP) is 3.26. The quantitative estimate of drug-likeness (QED) is 0.832. The van der Waals surface area contributed by atoms with E-state index >= 15 is 0 Å². The minimum atomic E-state index is -0.677. The van der Waals surface area contributed by atoms with E-state index in [9.17, 15) is 18.4 Å². The smallest absolute Gasteiger partial charge is 0.287 e. The van der Waals surface area contributed by atoms with Crippen LogP contribution in [0.5, 0.6) is 0 Å². The lowest BCUT2D eigenvalue weighted by atomic mass is 9.92. The fourth-order valence-electron chi connectivity index (χ4n) is 3.29. The first kappa shape index (κ1) is 18.2. The number of hydrogen-bond acceptors (Lipinski definition) is 3. The third kappa shape index (κ3) is 3.81. The van der Waals surface area contributed by atoms with Crippen LogP contribution in [0.1, 0.15) is 50.4 Å². The number of benzene rings is 1. The summed E-state index contributed by atoms with van der Waals surface area (Å²) in [6, 6.07) is 2.91. The van der Waals surface area contributed by atoms with Crippen LogP contribution in [0, 0.1) is 17.6 Å². The van der Waals surface area contributed by atoms with Crippen LogP contribution in [0.4, 0.5) is 8.78 Å². The van der Waals surface area contributed by atoms with Crippen LogP contribution in [0.3, 0.4) is 0 Å². The van der Waals surface area contributed by atoms with Crippen LogP contribution in [-0.2, 0) is 16.0 Å². The van der Waals surface area contributed by atoms with Crippen molar-refractivity contribution >= 4 is 11.7 Å². The third-order valence-electron chi connectivity index (χ3n) is 4.43. The number of ketones is 1. The average Bonchev–Trinajstić information content (AvgIpc) is 2.98. The van der Waals surface area contributed by atoms with Gasteiger partial charge in [0, 0.05) is 23.7 Å². The molecule has 0 spiro atoms. The highest BCUT2D eigenvalue weighted by molar-refractivity contribution is 6.36. The van der Waals surface area contributed by atoms with Gasteiger partial charge in [0.15, 0.2) is 0 Å². The zero-order chi connectivity index (χ0) is 18.8. The van der Waals surface area contributed by atoms with Crippen molar-refractivity contribution in [3.8, 4) is 5.69 Å². The van der Waals surface area contributed by atoms with E-state index in [0.29, 0.717) is 18.5 Å². The van der Waals surface area contributed by atoms with Gasteiger partial charge in [0.05, 0.1) is 17.9 Å². The highest BCUT2D eigenvalue weighted by Gasteiger charge is 2.28. The Morgan fingerprint density at radius 1 is 1.27 bits per heavy atom. The van der Waals surface area contributed by atoms with Crippen molar-refractivity contribution in [2.45, 2.75) is 45.6 Å². The number of Topliss-reactive ketones (excluding diaryl/α,β-unsaturated/α-hetero) is 1. The molecule has 0 saturated heterocycles. The second-order valence-electron chi connectivity index (χ2n) is 7.03. The van der Waals surface area contributed by atoms with Crippen molar-refractivity contribution < 1.29 is 18.4 Å². The Kier molecular flexibility index (Phi) is 5.15.